The van der Waals surface area contributed by atoms with E-state index in [1.807, 2.05) is 0 Å². The van der Waals surface area contributed by atoms with E-state index in [2.05, 4.69) is 30.6 Å². The zero-order chi connectivity index (χ0) is 22.2. The molecule has 0 spiro atoms. The van der Waals surface area contributed by atoms with Crippen molar-refractivity contribution in [2.75, 3.05) is 16.8 Å². The Kier molecular flexibility index (Phi) is 5.01. The first-order valence-electron chi connectivity index (χ1n) is 9.77. The summed E-state index contributed by atoms with van der Waals surface area (Å²) in [5.41, 5.74) is 6.04. The molecule has 4 aromatic heterocycles. The molecule has 4 N–H and O–H groups in total. The number of carbonyl (C=O) groups is 2. The molecule has 4 aromatic rings. The number of nitrogens with two attached hydrogens (primary N) is 1. The average Bonchev–Trinajstić information content (AvgIpc) is 3.54. The third-order valence-electron chi connectivity index (χ3n) is 5.16. The summed E-state index contributed by atoms with van der Waals surface area (Å²) in [6.45, 7) is 0.00865. The van der Waals surface area contributed by atoms with Gasteiger partial charge in [0.05, 0.1) is 24.0 Å². The molecule has 32 heavy (non-hydrogen) atoms. The summed E-state index contributed by atoms with van der Waals surface area (Å²) in [5, 5.41) is 16.5. The van der Waals surface area contributed by atoms with E-state index >= 15 is 0 Å². The molecule has 1 aliphatic rings. The number of nitrogens with zero attached hydrogens (tertiary/aromatic N) is 6. The molecule has 1 fully saturated rings. The molecule has 0 saturated carbocycles. The number of anilines is 3. The lowest BCUT2D eigenvalue weighted by Crippen LogP contribution is -2.38. The van der Waals surface area contributed by atoms with E-state index in [9.17, 15) is 14.0 Å². The summed E-state index contributed by atoms with van der Waals surface area (Å²) in [6.07, 6.45) is 2.38. The Bertz CT molecular complexity index is 1290. The standard InChI is InChI=1S/C19H18FN9O2S/c20-10-6-13(14(30)8-16-22-3-5-32-16)28(9-10)19-24-18(12-2-1-4-29(12)27-19)23-15-7-11(17(21)31)25-26-15/h1-5,7,10,13H,6,8-9H2,(H2,21,31)(H2,23,24,25,26,27)/t10-,13+/m1/s1. The normalized spacial score (nSPS) is 18.3. The van der Waals surface area contributed by atoms with Crippen molar-refractivity contribution < 1.29 is 14.0 Å². The van der Waals surface area contributed by atoms with Gasteiger partial charge in [-0.1, -0.05) is 0 Å². The number of aromatic amines is 1. The summed E-state index contributed by atoms with van der Waals surface area (Å²) < 4.78 is 16.0. The quantitative estimate of drug-likeness (QED) is 0.380. The fourth-order valence-corrected chi connectivity index (χ4v) is 4.31. The number of aromatic nitrogens is 6. The Morgan fingerprint density at radius 1 is 1.41 bits per heavy atom. The predicted molar refractivity (Wildman–Crippen MR) is 115 cm³/mol. The first-order chi connectivity index (χ1) is 15.5. The second-order valence-electron chi connectivity index (χ2n) is 7.32. The van der Waals surface area contributed by atoms with Crippen LogP contribution in [-0.2, 0) is 11.2 Å². The number of alkyl halides is 1. The first-order valence-corrected chi connectivity index (χ1v) is 10.7. The van der Waals surface area contributed by atoms with Gasteiger partial charge in [0.2, 0.25) is 5.95 Å². The number of thiazole rings is 1. The number of amides is 1. The molecule has 0 bridgehead atoms. The molecule has 1 amide bonds. The minimum Gasteiger partial charge on any atom is -0.364 e. The lowest BCUT2D eigenvalue weighted by molar-refractivity contribution is -0.119. The van der Waals surface area contributed by atoms with E-state index in [4.69, 9.17) is 5.73 Å². The Balaban J connectivity index is 1.47. The van der Waals surface area contributed by atoms with E-state index in [1.165, 1.54) is 17.4 Å². The molecule has 0 unspecified atom stereocenters. The van der Waals surface area contributed by atoms with Gasteiger partial charge >= 0.3 is 0 Å². The summed E-state index contributed by atoms with van der Waals surface area (Å²) in [6, 6.07) is 4.34. The van der Waals surface area contributed by atoms with Crippen LogP contribution in [0.15, 0.2) is 36.0 Å². The number of hydrogen-bond acceptors (Lipinski definition) is 9. The van der Waals surface area contributed by atoms with E-state index < -0.39 is 18.1 Å². The number of halogens is 1. The van der Waals surface area contributed by atoms with Crippen molar-refractivity contribution in [3.63, 3.8) is 0 Å². The van der Waals surface area contributed by atoms with Crippen molar-refractivity contribution in [2.45, 2.75) is 25.1 Å². The van der Waals surface area contributed by atoms with Crippen LogP contribution in [0, 0.1) is 0 Å². The maximum Gasteiger partial charge on any atom is 0.266 e. The van der Waals surface area contributed by atoms with E-state index in [-0.39, 0.29) is 36.8 Å². The van der Waals surface area contributed by atoms with Crippen molar-refractivity contribution in [1.29, 1.82) is 0 Å². The monoisotopic (exact) mass is 455 g/mol. The number of carbonyl (C=O) groups excluding carboxylic acids is 2. The van der Waals surface area contributed by atoms with Gasteiger partial charge < -0.3 is 16.0 Å². The molecule has 0 aliphatic carbocycles. The first kappa shape index (κ1) is 20.1. The molecule has 1 saturated heterocycles. The second-order valence-corrected chi connectivity index (χ2v) is 8.30. The number of Topliss-reactive ketones (excluding diaryl/α,β-unsaturated/α-hetero) is 1. The van der Waals surface area contributed by atoms with E-state index in [0.29, 0.717) is 22.2 Å². The van der Waals surface area contributed by atoms with Gasteiger partial charge in [0.15, 0.2) is 17.4 Å². The number of ketones is 1. The topological polar surface area (TPSA) is 147 Å². The molecule has 2 atom stereocenters. The number of nitrogens with one attached hydrogen (secondary N) is 2. The largest absolute Gasteiger partial charge is 0.364 e. The van der Waals surface area contributed by atoms with Crippen LogP contribution in [0.5, 0.6) is 0 Å². The molecule has 0 radical (unpaired) electrons. The molecule has 5 heterocycles. The molecule has 1 aliphatic heterocycles. The maximum absolute atomic E-state index is 14.4. The Hall–Kier alpha value is -3.87. The highest BCUT2D eigenvalue weighted by Gasteiger charge is 2.39. The number of primary amides is 1. The third kappa shape index (κ3) is 3.77. The van der Waals surface area contributed by atoms with Crippen LogP contribution in [0.2, 0.25) is 0 Å². The van der Waals surface area contributed by atoms with Crippen molar-refractivity contribution in [3.05, 3.63) is 46.7 Å². The molecular weight excluding hydrogens is 437 g/mol. The highest BCUT2D eigenvalue weighted by molar-refractivity contribution is 7.09. The van der Waals surface area contributed by atoms with Crippen LogP contribution < -0.4 is 16.0 Å². The summed E-state index contributed by atoms with van der Waals surface area (Å²) in [4.78, 5) is 34.5. The minimum absolute atomic E-state index is 0.00865. The van der Waals surface area contributed by atoms with Crippen LogP contribution in [0.25, 0.3) is 5.52 Å². The molecule has 13 heteroatoms. The van der Waals surface area contributed by atoms with Gasteiger partial charge in [0, 0.05) is 30.3 Å². The second kappa shape index (κ2) is 8.00. The highest BCUT2D eigenvalue weighted by atomic mass is 32.1. The van der Waals surface area contributed by atoms with Crippen LogP contribution in [-0.4, -0.2) is 60.2 Å². The molecule has 5 rings (SSSR count). The van der Waals surface area contributed by atoms with Gasteiger partial charge in [-0.2, -0.15) is 10.1 Å². The lowest BCUT2D eigenvalue weighted by Gasteiger charge is -2.23. The van der Waals surface area contributed by atoms with Crippen LogP contribution in [0.3, 0.4) is 0 Å². The average molecular weight is 455 g/mol. The summed E-state index contributed by atoms with van der Waals surface area (Å²) >= 11 is 1.39. The van der Waals surface area contributed by atoms with E-state index in [1.54, 1.807) is 39.3 Å². The van der Waals surface area contributed by atoms with Gasteiger partial charge in [0.25, 0.3) is 5.91 Å². The number of rotatable bonds is 7. The minimum atomic E-state index is -1.18. The smallest absolute Gasteiger partial charge is 0.266 e. The number of hydrogen-bond donors (Lipinski definition) is 3. The van der Waals surface area contributed by atoms with Crippen LogP contribution in [0.4, 0.5) is 22.0 Å². The molecule has 0 aromatic carbocycles. The van der Waals surface area contributed by atoms with Crippen molar-refractivity contribution >= 4 is 46.1 Å². The fourth-order valence-electron chi connectivity index (χ4n) is 3.69. The summed E-state index contributed by atoms with van der Waals surface area (Å²) in [5.74, 6) is 0.141. The zero-order valence-electron chi connectivity index (χ0n) is 16.6. The highest BCUT2D eigenvalue weighted by Crippen LogP contribution is 2.29. The number of H-pyrrole nitrogens is 1. The van der Waals surface area contributed by atoms with Gasteiger partial charge in [-0.15, -0.1) is 16.4 Å². The molecule has 11 nitrogen and oxygen atoms in total. The van der Waals surface area contributed by atoms with Crippen molar-refractivity contribution in [3.8, 4) is 0 Å². The van der Waals surface area contributed by atoms with Crippen molar-refractivity contribution in [2.24, 2.45) is 5.73 Å². The van der Waals surface area contributed by atoms with Gasteiger partial charge in [-0.3, -0.25) is 14.7 Å². The zero-order valence-corrected chi connectivity index (χ0v) is 17.4. The summed E-state index contributed by atoms with van der Waals surface area (Å²) in [7, 11) is 0. The fraction of sp³-hybridized carbons (Fsp3) is 0.263. The SMILES string of the molecule is NC(=O)c1cc(Nc2nc(N3C[C@H](F)C[C@H]3C(=O)Cc3nccs3)nn3cccc23)n[nH]1. The lowest BCUT2D eigenvalue weighted by atomic mass is 10.1. The third-order valence-corrected chi connectivity index (χ3v) is 5.94. The van der Waals surface area contributed by atoms with Crippen LogP contribution >= 0.6 is 11.3 Å². The Morgan fingerprint density at radius 2 is 2.28 bits per heavy atom. The maximum atomic E-state index is 14.4. The Morgan fingerprint density at radius 3 is 3.03 bits per heavy atom. The van der Waals surface area contributed by atoms with E-state index in [0.717, 1.165) is 0 Å². The molecular formula is C19H18FN9O2S. The molecule has 164 valence electrons. The van der Waals surface area contributed by atoms with Gasteiger partial charge in [-0.25, -0.2) is 13.9 Å². The van der Waals surface area contributed by atoms with Gasteiger partial charge in [-0.05, 0) is 12.1 Å². The predicted octanol–water partition coefficient (Wildman–Crippen LogP) is 1.48. The van der Waals surface area contributed by atoms with Crippen molar-refractivity contribution in [1.82, 2.24) is 29.8 Å². The Labute approximate surface area is 184 Å². The van der Waals surface area contributed by atoms with Gasteiger partial charge in [0.1, 0.15) is 17.4 Å². The number of fused-ring (bicyclic) bond motifs is 1. The van der Waals surface area contributed by atoms with Crippen LogP contribution in [0.1, 0.15) is 21.9 Å².